The van der Waals surface area contributed by atoms with E-state index in [0.29, 0.717) is 11.3 Å². The number of ketones is 1. The largest absolute Gasteiger partial charge is 0.492 e. The highest BCUT2D eigenvalue weighted by molar-refractivity contribution is 9.10. The van der Waals surface area contributed by atoms with Crippen molar-refractivity contribution in [1.29, 1.82) is 0 Å². The Balaban J connectivity index is 2.69. The second-order valence-corrected chi connectivity index (χ2v) is 5.00. The lowest BCUT2D eigenvalue weighted by molar-refractivity contribution is -0.129. The van der Waals surface area contributed by atoms with E-state index >= 15 is 0 Å². The minimum atomic E-state index is -0.0589. The maximum absolute atomic E-state index is 11.4. The van der Waals surface area contributed by atoms with Gasteiger partial charge in [0, 0.05) is 18.6 Å². The van der Waals surface area contributed by atoms with Crippen molar-refractivity contribution in [1.82, 2.24) is 4.90 Å². The molecule has 0 aliphatic carbocycles. The Morgan fingerprint density at radius 3 is 2.56 bits per heavy atom. The third-order valence-corrected chi connectivity index (χ3v) is 2.89. The SMILES string of the molecule is CC(=O)c1ccc(Br)cc1OCCC(=O)N(C)C. The smallest absolute Gasteiger partial charge is 0.225 e. The van der Waals surface area contributed by atoms with Crippen molar-refractivity contribution in [2.75, 3.05) is 20.7 Å². The van der Waals surface area contributed by atoms with Gasteiger partial charge < -0.3 is 9.64 Å². The van der Waals surface area contributed by atoms with Gasteiger partial charge in [0.15, 0.2) is 5.78 Å². The zero-order chi connectivity index (χ0) is 13.7. The third-order valence-electron chi connectivity index (χ3n) is 2.40. The summed E-state index contributed by atoms with van der Waals surface area (Å²) >= 11 is 3.32. The minimum absolute atomic E-state index is 0.00521. The maximum atomic E-state index is 11.4. The van der Waals surface area contributed by atoms with E-state index < -0.39 is 0 Å². The summed E-state index contributed by atoms with van der Waals surface area (Å²) in [6.07, 6.45) is 0.289. The first kappa shape index (κ1) is 14.7. The van der Waals surface area contributed by atoms with Crippen LogP contribution in [0.25, 0.3) is 0 Å². The number of amides is 1. The molecule has 0 bridgehead atoms. The Hall–Kier alpha value is -1.36. The van der Waals surface area contributed by atoms with Crippen molar-refractivity contribution in [3.05, 3.63) is 28.2 Å². The number of benzene rings is 1. The van der Waals surface area contributed by atoms with E-state index in [1.807, 2.05) is 0 Å². The minimum Gasteiger partial charge on any atom is -0.492 e. The van der Waals surface area contributed by atoms with Gasteiger partial charge in [0.25, 0.3) is 0 Å². The van der Waals surface area contributed by atoms with Crippen LogP contribution >= 0.6 is 15.9 Å². The van der Waals surface area contributed by atoms with Crippen LogP contribution in [0.3, 0.4) is 0 Å². The molecular formula is C13H16BrNO3. The van der Waals surface area contributed by atoms with Crippen LogP contribution in [-0.2, 0) is 4.79 Å². The lowest BCUT2D eigenvalue weighted by Crippen LogP contribution is -2.23. The summed E-state index contributed by atoms with van der Waals surface area (Å²) in [5, 5.41) is 0. The number of carbonyl (C=O) groups is 2. The van der Waals surface area contributed by atoms with Crippen molar-refractivity contribution < 1.29 is 14.3 Å². The molecule has 0 aliphatic rings. The molecular weight excluding hydrogens is 298 g/mol. The van der Waals surface area contributed by atoms with Crippen molar-refractivity contribution in [3.8, 4) is 5.75 Å². The fourth-order valence-corrected chi connectivity index (χ4v) is 1.72. The van der Waals surface area contributed by atoms with E-state index in [1.165, 1.54) is 11.8 Å². The van der Waals surface area contributed by atoms with Gasteiger partial charge in [-0.2, -0.15) is 0 Å². The van der Waals surface area contributed by atoms with E-state index in [0.717, 1.165) is 4.47 Å². The van der Waals surface area contributed by atoms with Gasteiger partial charge in [0.05, 0.1) is 18.6 Å². The van der Waals surface area contributed by atoms with Crippen LogP contribution in [0.2, 0.25) is 0 Å². The molecule has 1 aromatic rings. The molecule has 0 spiro atoms. The van der Waals surface area contributed by atoms with Gasteiger partial charge in [-0.1, -0.05) is 15.9 Å². The number of hydrogen-bond donors (Lipinski definition) is 0. The first-order valence-electron chi connectivity index (χ1n) is 5.55. The van der Waals surface area contributed by atoms with Crippen LogP contribution in [0.4, 0.5) is 0 Å². The molecule has 0 radical (unpaired) electrons. The second-order valence-electron chi connectivity index (χ2n) is 4.08. The summed E-state index contributed by atoms with van der Waals surface area (Å²) < 4.78 is 6.34. The topological polar surface area (TPSA) is 46.6 Å². The summed E-state index contributed by atoms with van der Waals surface area (Å²) in [5.74, 6) is 0.439. The molecule has 0 aromatic heterocycles. The van der Waals surface area contributed by atoms with Crippen LogP contribution in [0.5, 0.6) is 5.75 Å². The zero-order valence-corrected chi connectivity index (χ0v) is 12.3. The monoisotopic (exact) mass is 313 g/mol. The Kier molecular flexibility index (Phi) is 5.34. The highest BCUT2D eigenvalue weighted by Gasteiger charge is 2.10. The molecule has 0 aliphatic heterocycles. The van der Waals surface area contributed by atoms with E-state index in [2.05, 4.69) is 15.9 Å². The second kappa shape index (κ2) is 6.54. The summed E-state index contributed by atoms with van der Waals surface area (Å²) in [6, 6.07) is 5.22. The highest BCUT2D eigenvalue weighted by atomic mass is 79.9. The Labute approximate surface area is 115 Å². The molecule has 1 amide bonds. The molecule has 1 aromatic carbocycles. The number of carbonyl (C=O) groups excluding carboxylic acids is 2. The van der Waals surface area contributed by atoms with E-state index in [-0.39, 0.29) is 24.7 Å². The maximum Gasteiger partial charge on any atom is 0.225 e. The number of hydrogen-bond acceptors (Lipinski definition) is 3. The molecule has 4 nitrogen and oxygen atoms in total. The predicted molar refractivity (Wildman–Crippen MR) is 73.0 cm³/mol. The number of Topliss-reactive ketones (excluding diaryl/α,β-unsaturated/α-hetero) is 1. The van der Waals surface area contributed by atoms with E-state index in [1.54, 1.807) is 32.3 Å². The average Bonchev–Trinajstić information content (AvgIpc) is 2.28. The third kappa shape index (κ3) is 4.14. The van der Waals surface area contributed by atoms with Crippen molar-refractivity contribution in [3.63, 3.8) is 0 Å². The van der Waals surface area contributed by atoms with Crippen LogP contribution in [0, 0.1) is 0 Å². The Bertz CT molecular complexity index is 458. The van der Waals surface area contributed by atoms with Gasteiger partial charge in [-0.3, -0.25) is 9.59 Å². The summed E-state index contributed by atoms with van der Waals surface area (Å²) in [5.41, 5.74) is 0.524. The van der Waals surface area contributed by atoms with Gasteiger partial charge in [-0.25, -0.2) is 0 Å². The predicted octanol–water partition coefficient (Wildman–Crippen LogP) is 2.51. The van der Waals surface area contributed by atoms with E-state index in [9.17, 15) is 9.59 Å². The molecule has 0 saturated carbocycles. The quantitative estimate of drug-likeness (QED) is 0.785. The zero-order valence-electron chi connectivity index (χ0n) is 10.7. The van der Waals surface area contributed by atoms with Gasteiger partial charge in [0.1, 0.15) is 5.75 Å². The van der Waals surface area contributed by atoms with Crippen LogP contribution in [0.1, 0.15) is 23.7 Å². The fourth-order valence-electron chi connectivity index (χ4n) is 1.38. The van der Waals surface area contributed by atoms with Crippen molar-refractivity contribution in [2.45, 2.75) is 13.3 Å². The number of halogens is 1. The molecule has 0 saturated heterocycles. The summed E-state index contributed by atoms with van der Waals surface area (Å²) in [6.45, 7) is 1.74. The Morgan fingerprint density at radius 2 is 2.00 bits per heavy atom. The lowest BCUT2D eigenvalue weighted by atomic mass is 10.1. The van der Waals surface area contributed by atoms with Gasteiger partial charge in [-0.05, 0) is 25.1 Å². The molecule has 0 heterocycles. The normalized spacial score (nSPS) is 10.0. The number of rotatable bonds is 5. The van der Waals surface area contributed by atoms with E-state index in [4.69, 9.17) is 4.74 Å². The molecule has 5 heteroatoms. The molecule has 0 atom stereocenters. The average molecular weight is 314 g/mol. The molecule has 0 fully saturated rings. The lowest BCUT2D eigenvalue weighted by Gasteiger charge is -2.12. The van der Waals surface area contributed by atoms with Gasteiger partial charge in [0.2, 0.25) is 5.91 Å². The summed E-state index contributed by atoms with van der Waals surface area (Å²) in [7, 11) is 3.39. The Morgan fingerprint density at radius 1 is 1.33 bits per heavy atom. The first-order chi connectivity index (χ1) is 8.41. The fraction of sp³-hybridized carbons (Fsp3) is 0.385. The van der Waals surface area contributed by atoms with Crippen LogP contribution < -0.4 is 4.74 Å². The summed E-state index contributed by atoms with van der Waals surface area (Å²) in [4.78, 5) is 24.3. The number of nitrogens with zero attached hydrogens (tertiary/aromatic N) is 1. The van der Waals surface area contributed by atoms with Gasteiger partial charge >= 0.3 is 0 Å². The van der Waals surface area contributed by atoms with Crippen LogP contribution in [0.15, 0.2) is 22.7 Å². The molecule has 0 N–H and O–H groups in total. The standard InChI is InChI=1S/C13H16BrNO3/c1-9(16)11-5-4-10(14)8-12(11)18-7-6-13(17)15(2)3/h4-5,8H,6-7H2,1-3H3. The van der Waals surface area contributed by atoms with Crippen molar-refractivity contribution >= 4 is 27.6 Å². The number of ether oxygens (including phenoxy) is 1. The van der Waals surface area contributed by atoms with Gasteiger partial charge in [-0.15, -0.1) is 0 Å². The molecule has 98 valence electrons. The molecule has 0 unspecified atom stereocenters. The van der Waals surface area contributed by atoms with Crippen LogP contribution in [-0.4, -0.2) is 37.3 Å². The molecule has 18 heavy (non-hydrogen) atoms. The highest BCUT2D eigenvalue weighted by Crippen LogP contribution is 2.24. The van der Waals surface area contributed by atoms with Crippen molar-refractivity contribution in [2.24, 2.45) is 0 Å². The molecule has 1 rings (SSSR count). The first-order valence-corrected chi connectivity index (χ1v) is 6.34.